The predicted octanol–water partition coefficient (Wildman–Crippen LogP) is 4.59. The van der Waals surface area contributed by atoms with E-state index in [1.807, 2.05) is 0 Å². The third-order valence-corrected chi connectivity index (χ3v) is 6.02. The zero-order valence-electron chi connectivity index (χ0n) is 14.8. The van der Waals surface area contributed by atoms with Gasteiger partial charge in [-0.2, -0.15) is 0 Å². The maximum absolute atomic E-state index is 13.6. The first-order valence-corrected chi connectivity index (χ1v) is 9.33. The summed E-state index contributed by atoms with van der Waals surface area (Å²) in [4.78, 5) is 0. The maximum atomic E-state index is 13.6. The van der Waals surface area contributed by atoms with Crippen LogP contribution >= 0.6 is 0 Å². The summed E-state index contributed by atoms with van der Waals surface area (Å²) in [5, 5.41) is 9.69. The molecule has 2 saturated carbocycles. The lowest BCUT2D eigenvalue weighted by atomic mass is 9.72. The van der Waals surface area contributed by atoms with Crippen molar-refractivity contribution < 1.29 is 9.50 Å². The van der Waals surface area contributed by atoms with E-state index in [0.717, 1.165) is 31.6 Å². The SMILES string of the molecule is CC(CC(N)CCC(C)(C)F)CC1(C2CCC(O)CC2)CC1. The Kier molecular flexibility index (Phi) is 5.93. The van der Waals surface area contributed by atoms with Gasteiger partial charge < -0.3 is 10.8 Å². The summed E-state index contributed by atoms with van der Waals surface area (Å²) < 4.78 is 13.6. The smallest absolute Gasteiger partial charge is 0.105 e. The summed E-state index contributed by atoms with van der Waals surface area (Å²) in [7, 11) is 0. The molecule has 0 spiro atoms. The van der Waals surface area contributed by atoms with Crippen LogP contribution in [0.25, 0.3) is 0 Å². The van der Waals surface area contributed by atoms with E-state index in [0.29, 0.717) is 17.8 Å². The molecule has 0 saturated heterocycles. The number of hydrogen-bond donors (Lipinski definition) is 2. The molecule has 0 radical (unpaired) electrons. The molecule has 3 heteroatoms. The summed E-state index contributed by atoms with van der Waals surface area (Å²) >= 11 is 0. The van der Waals surface area contributed by atoms with Gasteiger partial charge in [-0.15, -0.1) is 0 Å². The van der Waals surface area contributed by atoms with E-state index in [1.54, 1.807) is 13.8 Å². The van der Waals surface area contributed by atoms with Crippen molar-refractivity contribution in [2.75, 3.05) is 0 Å². The highest BCUT2D eigenvalue weighted by atomic mass is 19.1. The quantitative estimate of drug-likeness (QED) is 0.688. The highest BCUT2D eigenvalue weighted by Gasteiger charge is 2.49. The molecular formula is C19H36FNO. The van der Waals surface area contributed by atoms with Gasteiger partial charge in [0.15, 0.2) is 0 Å². The molecule has 2 fully saturated rings. The Bertz CT molecular complexity index is 340. The molecule has 130 valence electrons. The van der Waals surface area contributed by atoms with E-state index in [4.69, 9.17) is 5.73 Å². The lowest BCUT2D eigenvalue weighted by Crippen LogP contribution is -2.29. The second-order valence-corrected chi connectivity index (χ2v) is 8.93. The monoisotopic (exact) mass is 313 g/mol. The molecule has 0 amide bonds. The molecule has 2 rings (SSSR count). The summed E-state index contributed by atoms with van der Waals surface area (Å²) in [5.41, 5.74) is 5.68. The lowest BCUT2D eigenvalue weighted by molar-refractivity contribution is 0.0781. The fraction of sp³-hybridized carbons (Fsp3) is 1.00. The van der Waals surface area contributed by atoms with Crippen LogP contribution in [-0.2, 0) is 0 Å². The van der Waals surface area contributed by atoms with Gasteiger partial charge >= 0.3 is 0 Å². The summed E-state index contributed by atoms with van der Waals surface area (Å²) in [6.07, 6.45) is 10.7. The predicted molar refractivity (Wildman–Crippen MR) is 90.4 cm³/mol. The average Bonchev–Trinajstić information content (AvgIpc) is 3.17. The molecule has 2 aliphatic carbocycles. The van der Waals surface area contributed by atoms with Crippen molar-refractivity contribution in [1.29, 1.82) is 0 Å². The largest absolute Gasteiger partial charge is 0.393 e. The molecule has 2 unspecified atom stereocenters. The maximum Gasteiger partial charge on any atom is 0.105 e. The van der Waals surface area contributed by atoms with E-state index < -0.39 is 5.67 Å². The minimum Gasteiger partial charge on any atom is -0.393 e. The van der Waals surface area contributed by atoms with E-state index in [1.165, 1.54) is 32.1 Å². The Hall–Kier alpha value is -0.150. The fourth-order valence-corrected chi connectivity index (χ4v) is 4.57. The Morgan fingerprint density at radius 3 is 2.32 bits per heavy atom. The second-order valence-electron chi connectivity index (χ2n) is 8.93. The van der Waals surface area contributed by atoms with Gasteiger partial charge in [-0.1, -0.05) is 6.92 Å². The number of rotatable bonds is 8. The van der Waals surface area contributed by atoms with Gasteiger partial charge in [0.1, 0.15) is 5.67 Å². The van der Waals surface area contributed by atoms with Gasteiger partial charge in [0, 0.05) is 6.04 Å². The van der Waals surface area contributed by atoms with Crippen molar-refractivity contribution >= 4 is 0 Å². The molecule has 0 heterocycles. The minimum atomic E-state index is -1.10. The topological polar surface area (TPSA) is 46.2 Å². The summed E-state index contributed by atoms with van der Waals surface area (Å²) in [5.74, 6) is 1.45. The van der Waals surface area contributed by atoms with Gasteiger partial charge in [0.2, 0.25) is 0 Å². The summed E-state index contributed by atoms with van der Waals surface area (Å²) in [6, 6.07) is 0.133. The number of aliphatic hydroxyl groups excluding tert-OH is 1. The van der Waals surface area contributed by atoms with Crippen LogP contribution in [0.5, 0.6) is 0 Å². The van der Waals surface area contributed by atoms with Crippen molar-refractivity contribution in [3.63, 3.8) is 0 Å². The Morgan fingerprint density at radius 2 is 1.82 bits per heavy atom. The molecular weight excluding hydrogens is 277 g/mol. The molecule has 22 heavy (non-hydrogen) atoms. The van der Waals surface area contributed by atoms with E-state index in [2.05, 4.69) is 6.92 Å². The van der Waals surface area contributed by atoms with Crippen LogP contribution in [0.3, 0.4) is 0 Å². The molecule has 0 aromatic rings. The van der Waals surface area contributed by atoms with Crippen molar-refractivity contribution in [1.82, 2.24) is 0 Å². The van der Waals surface area contributed by atoms with Crippen LogP contribution in [0.2, 0.25) is 0 Å². The zero-order chi connectivity index (χ0) is 16.4. The Balaban J connectivity index is 1.73. The van der Waals surface area contributed by atoms with Crippen LogP contribution in [0, 0.1) is 17.3 Å². The van der Waals surface area contributed by atoms with Gasteiger partial charge in [-0.3, -0.25) is 0 Å². The normalized spacial score (nSPS) is 30.8. The molecule has 2 nitrogen and oxygen atoms in total. The van der Waals surface area contributed by atoms with Crippen molar-refractivity contribution in [2.24, 2.45) is 23.0 Å². The minimum absolute atomic E-state index is 0.0537. The molecule has 0 aromatic heterocycles. The number of aliphatic hydroxyl groups is 1. The highest BCUT2D eigenvalue weighted by Crippen LogP contribution is 2.60. The second kappa shape index (κ2) is 7.17. The first-order chi connectivity index (χ1) is 10.2. The first-order valence-electron chi connectivity index (χ1n) is 9.33. The van der Waals surface area contributed by atoms with Crippen LogP contribution < -0.4 is 5.73 Å². The van der Waals surface area contributed by atoms with Crippen LogP contribution in [0.4, 0.5) is 4.39 Å². The van der Waals surface area contributed by atoms with Crippen LogP contribution in [-0.4, -0.2) is 22.9 Å². The van der Waals surface area contributed by atoms with E-state index in [-0.39, 0.29) is 12.1 Å². The lowest BCUT2D eigenvalue weighted by Gasteiger charge is -2.34. The molecule has 0 aromatic carbocycles. The number of alkyl halides is 1. The standard InChI is InChI=1S/C19H36FNO/c1-14(12-16(21)8-9-18(2,3)20)13-19(10-11-19)15-4-6-17(22)7-5-15/h14-17,22H,4-13,21H2,1-3H3. The molecule has 0 bridgehead atoms. The Labute approximate surface area is 136 Å². The zero-order valence-corrected chi connectivity index (χ0v) is 14.8. The Morgan fingerprint density at radius 1 is 1.23 bits per heavy atom. The van der Waals surface area contributed by atoms with Gasteiger partial charge in [0.25, 0.3) is 0 Å². The van der Waals surface area contributed by atoms with Gasteiger partial charge in [-0.25, -0.2) is 4.39 Å². The molecule has 2 aliphatic rings. The van der Waals surface area contributed by atoms with Crippen LogP contribution in [0.15, 0.2) is 0 Å². The third-order valence-electron chi connectivity index (χ3n) is 6.02. The van der Waals surface area contributed by atoms with Gasteiger partial charge in [-0.05, 0) is 95.3 Å². The van der Waals surface area contributed by atoms with E-state index >= 15 is 0 Å². The number of halogens is 1. The highest BCUT2D eigenvalue weighted by molar-refractivity contribution is 5.00. The summed E-state index contributed by atoms with van der Waals surface area (Å²) in [6.45, 7) is 5.60. The van der Waals surface area contributed by atoms with Crippen molar-refractivity contribution in [2.45, 2.75) is 103 Å². The average molecular weight is 314 g/mol. The molecule has 3 N–H and O–H groups in total. The van der Waals surface area contributed by atoms with Gasteiger partial charge in [0.05, 0.1) is 6.10 Å². The number of nitrogens with two attached hydrogens (primary N) is 1. The van der Waals surface area contributed by atoms with E-state index in [9.17, 15) is 9.50 Å². The fourth-order valence-electron chi connectivity index (χ4n) is 4.57. The third kappa shape index (κ3) is 5.49. The van der Waals surface area contributed by atoms with Crippen molar-refractivity contribution in [3.8, 4) is 0 Å². The molecule has 2 atom stereocenters. The molecule has 0 aliphatic heterocycles. The van der Waals surface area contributed by atoms with Crippen LogP contribution in [0.1, 0.15) is 85.0 Å². The number of hydrogen-bond acceptors (Lipinski definition) is 2. The van der Waals surface area contributed by atoms with Crippen molar-refractivity contribution in [3.05, 3.63) is 0 Å². The first kappa shape index (κ1) is 18.2.